The van der Waals surface area contributed by atoms with Crippen LogP contribution in [0.25, 0.3) is 0 Å². The molecule has 0 aliphatic carbocycles. The Morgan fingerprint density at radius 2 is 1.76 bits per heavy atom. The number of hydrogen-bond donors (Lipinski definition) is 1. The number of benzene rings is 2. The summed E-state index contributed by atoms with van der Waals surface area (Å²) < 4.78 is 43.1. The monoisotopic (exact) mass is 490 g/mol. The first-order valence-corrected chi connectivity index (χ1v) is 12.1. The number of piperazine rings is 1. The van der Waals surface area contributed by atoms with E-state index in [0.717, 1.165) is 0 Å². The van der Waals surface area contributed by atoms with Gasteiger partial charge in [-0.05, 0) is 30.3 Å². The summed E-state index contributed by atoms with van der Waals surface area (Å²) in [6.07, 6.45) is -0.423. The van der Waals surface area contributed by atoms with E-state index in [0.29, 0.717) is 30.3 Å². The largest absolute Gasteiger partial charge is 0.497 e. The highest BCUT2D eigenvalue weighted by atomic mass is 32.2. The highest BCUT2D eigenvalue weighted by Crippen LogP contribution is 2.31. The summed E-state index contributed by atoms with van der Waals surface area (Å²) in [5.74, 6) is 0.629. The first-order chi connectivity index (χ1) is 16.3. The van der Waals surface area contributed by atoms with E-state index in [2.05, 4.69) is 5.32 Å². The van der Waals surface area contributed by atoms with E-state index >= 15 is 0 Å². The molecule has 2 aliphatic heterocycles. The van der Waals surface area contributed by atoms with Crippen LogP contribution in [0, 0.1) is 0 Å². The van der Waals surface area contributed by atoms with Crippen LogP contribution in [-0.4, -0.2) is 83.3 Å². The molecule has 2 aromatic rings. The summed E-state index contributed by atoms with van der Waals surface area (Å²) in [4.78, 5) is 27.6. The van der Waals surface area contributed by atoms with Gasteiger partial charge in [0.1, 0.15) is 23.0 Å². The number of sulfonamides is 1. The van der Waals surface area contributed by atoms with Crippen molar-refractivity contribution < 1.29 is 32.2 Å². The Balaban J connectivity index is 1.40. The van der Waals surface area contributed by atoms with Crippen molar-refractivity contribution in [1.29, 1.82) is 0 Å². The molecule has 2 saturated heterocycles. The van der Waals surface area contributed by atoms with E-state index in [1.165, 1.54) is 29.5 Å². The summed E-state index contributed by atoms with van der Waals surface area (Å²) in [6.45, 7) is 1.48. The molecule has 2 fully saturated rings. The Labute approximate surface area is 197 Å². The van der Waals surface area contributed by atoms with Gasteiger partial charge in [0, 0.05) is 43.6 Å². The molecule has 0 unspecified atom stereocenters. The third kappa shape index (κ3) is 4.73. The Kier molecular flexibility index (Phi) is 6.80. The minimum Gasteiger partial charge on any atom is -0.497 e. The number of hydrogen-bond acceptors (Lipinski definition) is 7. The summed E-state index contributed by atoms with van der Waals surface area (Å²) in [5.41, 5.74) is 1.15. The minimum atomic E-state index is -3.85. The van der Waals surface area contributed by atoms with E-state index in [-0.39, 0.29) is 42.9 Å². The molecule has 0 aromatic heterocycles. The van der Waals surface area contributed by atoms with Crippen molar-refractivity contribution in [3.05, 3.63) is 42.5 Å². The molecule has 0 spiro atoms. The zero-order chi connectivity index (χ0) is 24.3. The Morgan fingerprint density at radius 1 is 1.00 bits per heavy atom. The molecule has 12 heteroatoms. The van der Waals surface area contributed by atoms with E-state index in [9.17, 15) is 18.0 Å². The smallest absolute Gasteiger partial charge is 0.414 e. The molecule has 2 aliphatic rings. The highest BCUT2D eigenvalue weighted by Gasteiger charge is 2.32. The number of cyclic esters (lactones) is 1. The Bertz CT molecular complexity index is 1180. The van der Waals surface area contributed by atoms with Crippen molar-refractivity contribution in [3.63, 3.8) is 0 Å². The van der Waals surface area contributed by atoms with Gasteiger partial charge in [0.05, 0.1) is 20.8 Å². The van der Waals surface area contributed by atoms with Gasteiger partial charge in [-0.2, -0.15) is 4.31 Å². The van der Waals surface area contributed by atoms with Crippen LogP contribution >= 0.6 is 0 Å². The number of amides is 3. The summed E-state index contributed by atoms with van der Waals surface area (Å²) in [7, 11) is -0.977. The molecule has 0 radical (unpaired) electrons. The molecule has 11 nitrogen and oxygen atoms in total. The second-order valence-electron chi connectivity index (χ2n) is 7.65. The minimum absolute atomic E-state index is 0.0181. The normalized spacial score (nSPS) is 16.8. The number of methoxy groups -OCH3 is 2. The molecule has 0 bridgehead atoms. The molecule has 4 rings (SSSR count). The number of carbonyl (C=O) groups is 2. The summed E-state index contributed by atoms with van der Waals surface area (Å²) in [6, 6.07) is 11.2. The van der Waals surface area contributed by atoms with Gasteiger partial charge < -0.3 is 24.4 Å². The third-order valence-corrected chi connectivity index (χ3v) is 7.60. The molecule has 1 N–H and O–H groups in total. The third-order valence-electron chi connectivity index (χ3n) is 5.68. The maximum absolute atomic E-state index is 13.2. The van der Waals surface area contributed by atoms with Crippen LogP contribution in [0.3, 0.4) is 0 Å². The number of anilines is 2. The fourth-order valence-electron chi connectivity index (χ4n) is 3.84. The van der Waals surface area contributed by atoms with Crippen molar-refractivity contribution >= 4 is 33.5 Å². The lowest BCUT2D eigenvalue weighted by atomic mass is 10.2. The van der Waals surface area contributed by atoms with Crippen LogP contribution in [0.4, 0.5) is 21.0 Å². The van der Waals surface area contributed by atoms with Crippen LogP contribution in [-0.2, 0) is 14.8 Å². The molecule has 2 heterocycles. The number of ether oxygens (including phenoxy) is 3. The molecule has 34 heavy (non-hydrogen) atoms. The predicted octanol–water partition coefficient (Wildman–Crippen LogP) is 2.20. The molecule has 0 saturated carbocycles. The second kappa shape index (κ2) is 9.77. The van der Waals surface area contributed by atoms with E-state index in [4.69, 9.17) is 14.2 Å². The summed E-state index contributed by atoms with van der Waals surface area (Å²) in [5, 5.41) is 2.81. The van der Waals surface area contributed by atoms with Gasteiger partial charge in [0.25, 0.3) is 0 Å². The van der Waals surface area contributed by atoms with Crippen molar-refractivity contribution in [2.24, 2.45) is 0 Å². The highest BCUT2D eigenvalue weighted by molar-refractivity contribution is 7.89. The molecular formula is C22H26N4O7S. The van der Waals surface area contributed by atoms with Gasteiger partial charge in [-0.1, -0.05) is 6.07 Å². The van der Waals surface area contributed by atoms with Crippen LogP contribution in [0.5, 0.6) is 11.5 Å². The fourth-order valence-corrected chi connectivity index (χ4v) is 5.43. The van der Waals surface area contributed by atoms with Crippen LogP contribution in [0.1, 0.15) is 0 Å². The van der Waals surface area contributed by atoms with Crippen LogP contribution < -0.4 is 19.7 Å². The van der Waals surface area contributed by atoms with Crippen molar-refractivity contribution in [2.45, 2.75) is 4.90 Å². The first kappa shape index (κ1) is 23.6. The quantitative estimate of drug-likeness (QED) is 0.660. The average Bonchev–Trinajstić information content (AvgIpc) is 3.29. The van der Waals surface area contributed by atoms with Gasteiger partial charge in [-0.3, -0.25) is 4.90 Å². The number of carbonyl (C=O) groups excluding carboxylic acids is 2. The lowest BCUT2D eigenvalue weighted by Gasteiger charge is -2.34. The van der Waals surface area contributed by atoms with Crippen LogP contribution in [0.2, 0.25) is 0 Å². The maximum Gasteiger partial charge on any atom is 0.414 e. The number of urea groups is 1. The topological polar surface area (TPSA) is 118 Å². The molecular weight excluding hydrogens is 464 g/mol. The van der Waals surface area contributed by atoms with Gasteiger partial charge >= 0.3 is 12.1 Å². The first-order valence-electron chi connectivity index (χ1n) is 10.7. The lowest BCUT2D eigenvalue weighted by molar-refractivity contribution is 0.181. The van der Waals surface area contributed by atoms with Gasteiger partial charge in [0.15, 0.2) is 0 Å². The standard InChI is InChI=1S/C22H26N4O7S/c1-31-18-6-7-19(32-2)20(15-18)34(29,30)25-10-8-24(9-11-25)21(27)23-16-4-3-5-17(14-16)26-12-13-33-22(26)28/h3-7,14-15H,8-13H2,1-2H3,(H,23,27). The van der Waals surface area contributed by atoms with Gasteiger partial charge in [0.2, 0.25) is 10.0 Å². The second-order valence-corrected chi connectivity index (χ2v) is 9.56. The lowest BCUT2D eigenvalue weighted by Crippen LogP contribution is -2.51. The number of rotatable bonds is 6. The van der Waals surface area contributed by atoms with E-state index in [1.807, 2.05) is 0 Å². The molecule has 0 atom stereocenters. The van der Waals surface area contributed by atoms with Crippen molar-refractivity contribution in [3.8, 4) is 11.5 Å². The number of nitrogens with one attached hydrogen (secondary N) is 1. The van der Waals surface area contributed by atoms with E-state index < -0.39 is 16.1 Å². The zero-order valence-electron chi connectivity index (χ0n) is 18.9. The van der Waals surface area contributed by atoms with E-state index in [1.54, 1.807) is 41.3 Å². The number of nitrogens with zero attached hydrogens (tertiary/aromatic N) is 3. The van der Waals surface area contributed by atoms with Crippen LogP contribution in [0.15, 0.2) is 47.4 Å². The summed E-state index contributed by atoms with van der Waals surface area (Å²) >= 11 is 0. The molecule has 3 amide bonds. The molecule has 182 valence electrons. The van der Waals surface area contributed by atoms with Gasteiger partial charge in [-0.15, -0.1) is 0 Å². The maximum atomic E-state index is 13.2. The SMILES string of the molecule is COc1ccc(OC)c(S(=O)(=O)N2CCN(C(=O)Nc3cccc(N4CCOC4=O)c3)CC2)c1. The Hall–Kier alpha value is -3.51. The fraction of sp³-hybridized carbons (Fsp3) is 0.364. The zero-order valence-corrected chi connectivity index (χ0v) is 19.7. The average molecular weight is 491 g/mol. The van der Waals surface area contributed by atoms with Crippen molar-refractivity contribution in [2.75, 3.05) is 63.8 Å². The molecule has 2 aromatic carbocycles. The predicted molar refractivity (Wildman–Crippen MR) is 124 cm³/mol. The van der Waals surface area contributed by atoms with Gasteiger partial charge in [-0.25, -0.2) is 18.0 Å². The van der Waals surface area contributed by atoms with Crippen molar-refractivity contribution in [1.82, 2.24) is 9.21 Å². The Morgan fingerprint density at radius 3 is 2.41 bits per heavy atom.